The summed E-state index contributed by atoms with van der Waals surface area (Å²) in [4.78, 5) is 12.6. The lowest BCUT2D eigenvalue weighted by Gasteiger charge is -2.37. The van der Waals surface area contributed by atoms with Crippen LogP contribution in [0.2, 0.25) is 0 Å². The molecule has 0 spiro atoms. The van der Waals surface area contributed by atoms with Crippen LogP contribution in [0.1, 0.15) is 39.0 Å². The first-order valence-corrected chi connectivity index (χ1v) is 6.11. The van der Waals surface area contributed by atoms with Crippen LogP contribution in [-0.4, -0.2) is 39.3 Å². The number of hydrogen-bond donors (Lipinski definition) is 1. The highest BCUT2D eigenvalue weighted by Crippen LogP contribution is 2.23. The van der Waals surface area contributed by atoms with Gasteiger partial charge in [-0.15, -0.1) is 10.2 Å². The van der Waals surface area contributed by atoms with Crippen molar-refractivity contribution >= 4 is 5.97 Å². The molecule has 0 unspecified atom stereocenters. The Morgan fingerprint density at radius 3 is 2.61 bits per heavy atom. The molecule has 1 aromatic rings. The van der Waals surface area contributed by atoms with Gasteiger partial charge in [0.15, 0.2) is 0 Å². The van der Waals surface area contributed by atoms with Gasteiger partial charge in [-0.05, 0) is 5.92 Å². The van der Waals surface area contributed by atoms with Crippen molar-refractivity contribution in [3.05, 3.63) is 11.8 Å². The number of nitrogens with zero attached hydrogens (tertiary/aromatic N) is 3. The number of carbonyl (C=O) groups is 1. The summed E-state index contributed by atoms with van der Waals surface area (Å²) < 4.78 is 5.59. The van der Waals surface area contributed by atoms with Gasteiger partial charge in [0.25, 0.3) is 0 Å². The minimum atomic E-state index is -0.729. The molecule has 1 aliphatic rings. The predicted octanol–water partition coefficient (Wildman–Crippen LogP) is 1.27. The predicted molar refractivity (Wildman–Crippen MR) is 64.0 cm³/mol. The largest absolute Gasteiger partial charge is 0.481 e. The fraction of sp³-hybridized carbons (Fsp3) is 0.750. The van der Waals surface area contributed by atoms with Crippen molar-refractivity contribution < 1.29 is 14.3 Å². The number of hydrogen-bond acceptors (Lipinski definition) is 5. The molecule has 0 aliphatic carbocycles. The van der Waals surface area contributed by atoms with Crippen LogP contribution < -0.4 is 0 Å². The van der Waals surface area contributed by atoms with Crippen LogP contribution in [0.15, 0.2) is 4.42 Å². The quantitative estimate of drug-likeness (QED) is 0.870. The molecule has 0 saturated carbocycles. The highest BCUT2D eigenvalue weighted by Gasteiger charge is 2.30. The number of aliphatic carboxylic acids is 1. The van der Waals surface area contributed by atoms with Crippen molar-refractivity contribution in [2.45, 2.75) is 39.2 Å². The van der Waals surface area contributed by atoms with Crippen molar-refractivity contribution in [1.29, 1.82) is 0 Å². The Bertz CT molecular complexity index is 430. The SMILES string of the molecule is CC(C)(C)c1nnc(CN2CC(CC(=O)O)C2)o1. The lowest BCUT2D eigenvalue weighted by Crippen LogP contribution is -2.46. The van der Waals surface area contributed by atoms with Gasteiger partial charge in [-0.2, -0.15) is 0 Å². The monoisotopic (exact) mass is 253 g/mol. The van der Waals surface area contributed by atoms with Crippen molar-refractivity contribution in [3.8, 4) is 0 Å². The molecule has 1 aromatic heterocycles. The third-order valence-corrected chi connectivity index (χ3v) is 2.96. The van der Waals surface area contributed by atoms with E-state index in [9.17, 15) is 4.79 Å². The van der Waals surface area contributed by atoms with E-state index in [1.54, 1.807) is 0 Å². The van der Waals surface area contributed by atoms with E-state index >= 15 is 0 Å². The van der Waals surface area contributed by atoms with Crippen molar-refractivity contribution in [2.75, 3.05) is 13.1 Å². The molecule has 2 rings (SSSR count). The van der Waals surface area contributed by atoms with Crippen molar-refractivity contribution in [1.82, 2.24) is 15.1 Å². The zero-order chi connectivity index (χ0) is 13.3. The highest BCUT2D eigenvalue weighted by molar-refractivity contribution is 5.67. The Morgan fingerprint density at radius 2 is 2.11 bits per heavy atom. The van der Waals surface area contributed by atoms with Gasteiger partial charge in [-0.3, -0.25) is 9.69 Å². The highest BCUT2D eigenvalue weighted by atomic mass is 16.4. The first-order chi connectivity index (χ1) is 8.34. The summed E-state index contributed by atoms with van der Waals surface area (Å²) in [5.74, 6) is 0.772. The molecule has 100 valence electrons. The van der Waals surface area contributed by atoms with Gasteiger partial charge in [-0.1, -0.05) is 20.8 Å². The summed E-state index contributed by atoms with van der Waals surface area (Å²) in [6.07, 6.45) is 0.244. The maximum Gasteiger partial charge on any atom is 0.303 e. The molecule has 0 aromatic carbocycles. The third kappa shape index (κ3) is 3.07. The smallest absolute Gasteiger partial charge is 0.303 e. The maximum atomic E-state index is 10.5. The minimum Gasteiger partial charge on any atom is -0.481 e. The average molecular weight is 253 g/mol. The van der Waals surface area contributed by atoms with Gasteiger partial charge in [0.1, 0.15) is 0 Å². The zero-order valence-electron chi connectivity index (χ0n) is 11.0. The Kier molecular flexibility index (Phi) is 3.38. The first-order valence-electron chi connectivity index (χ1n) is 6.11. The number of likely N-dealkylation sites (tertiary alicyclic amines) is 1. The second-order valence-corrected chi connectivity index (χ2v) is 5.91. The summed E-state index contributed by atoms with van der Waals surface area (Å²) in [5, 5.41) is 16.7. The fourth-order valence-electron chi connectivity index (χ4n) is 1.99. The summed E-state index contributed by atoms with van der Waals surface area (Å²) in [5.41, 5.74) is -0.133. The molecule has 1 aliphatic heterocycles. The van der Waals surface area contributed by atoms with Gasteiger partial charge in [0.2, 0.25) is 11.8 Å². The Balaban J connectivity index is 1.82. The molecular formula is C12H19N3O3. The Labute approximate surface area is 106 Å². The summed E-state index contributed by atoms with van der Waals surface area (Å²) in [7, 11) is 0. The zero-order valence-corrected chi connectivity index (χ0v) is 11.0. The van der Waals surface area contributed by atoms with Gasteiger partial charge in [0, 0.05) is 18.5 Å². The van der Waals surface area contributed by atoms with E-state index in [0.29, 0.717) is 18.3 Å². The van der Waals surface area contributed by atoms with E-state index in [2.05, 4.69) is 15.1 Å². The molecule has 1 fully saturated rings. The molecule has 6 nitrogen and oxygen atoms in total. The summed E-state index contributed by atoms with van der Waals surface area (Å²) >= 11 is 0. The van der Waals surface area contributed by atoms with Crippen LogP contribution in [0.3, 0.4) is 0 Å². The lowest BCUT2D eigenvalue weighted by atomic mass is 9.96. The van der Waals surface area contributed by atoms with Crippen molar-refractivity contribution in [2.24, 2.45) is 5.92 Å². The number of carboxylic acid groups (broad SMARTS) is 1. The topological polar surface area (TPSA) is 79.5 Å². The van der Waals surface area contributed by atoms with Gasteiger partial charge in [-0.25, -0.2) is 0 Å². The molecule has 0 radical (unpaired) electrons. The fourth-order valence-corrected chi connectivity index (χ4v) is 1.99. The summed E-state index contributed by atoms with van der Waals surface area (Å²) in [6, 6.07) is 0. The molecule has 6 heteroatoms. The van der Waals surface area contributed by atoms with Crippen LogP contribution in [-0.2, 0) is 16.8 Å². The number of carboxylic acids is 1. The molecular weight excluding hydrogens is 234 g/mol. The van der Waals surface area contributed by atoms with E-state index in [1.165, 1.54) is 0 Å². The van der Waals surface area contributed by atoms with E-state index in [1.807, 2.05) is 20.8 Å². The Morgan fingerprint density at radius 1 is 1.44 bits per heavy atom. The van der Waals surface area contributed by atoms with Crippen LogP contribution in [0, 0.1) is 5.92 Å². The standard InChI is InChI=1S/C12H19N3O3/c1-12(2,3)11-14-13-9(18-11)7-15-5-8(6-15)4-10(16)17/h8H,4-7H2,1-3H3,(H,16,17). The number of aromatic nitrogens is 2. The lowest BCUT2D eigenvalue weighted by molar-refractivity contribution is -0.139. The maximum absolute atomic E-state index is 10.5. The molecule has 18 heavy (non-hydrogen) atoms. The van der Waals surface area contributed by atoms with Crippen LogP contribution in [0.5, 0.6) is 0 Å². The second-order valence-electron chi connectivity index (χ2n) is 5.91. The van der Waals surface area contributed by atoms with E-state index < -0.39 is 5.97 Å². The van der Waals surface area contributed by atoms with Crippen LogP contribution >= 0.6 is 0 Å². The molecule has 0 amide bonds. The van der Waals surface area contributed by atoms with Gasteiger partial charge in [0.05, 0.1) is 13.0 Å². The summed E-state index contributed by atoms with van der Waals surface area (Å²) in [6.45, 7) is 8.27. The Hall–Kier alpha value is -1.43. The normalized spacial score (nSPS) is 17.7. The van der Waals surface area contributed by atoms with Gasteiger partial charge < -0.3 is 9.52 Å². The molecule has 1 saturated heterocycles. The third-order valence-electron chi connectivity index (χ3n) is 2.96. The van der Waals surface area contributed by atoms with E-state index in [-0.39, 0.29) is 17.8 Å². The average Bonchev–Trinajstić information content (AvgIpc) is 2.61. The van der Waals surface area contributed by atoms with Crippen LogP contribution in [0.25, 0.3) is 0 Å². The van der Waals surface area contributed by atoms with Crippen LogP contribution in [0.4, 0.5) is 0 Å². The molecule has 0 atom stereocenters. The van der Waals surface area contributed by atoms with E-state index in [0.717, 1.165) is 13.1 Å². The van der Waals surface area contributed by atoms with Gasteiger partial charge >= 0.3 is 5.97 Å². The molecule has 2 heterocycles. The minimum absolute atomic E-state index is 0.133. The number of rotatable bonds is 4. The first kappa shape index (κ1) is 13.0. The van der Waals surface area contributed by atoms with Crippen molar-refractivity contribution in [3.63, 3.8) is 0 Å². The second kappa shape index (κ2) is 4.68. The molecule has 1 N–H and O–H groups in total. The molecule has 0 bridgehead atoms. The van der Waals surface area contributed by atoms with E-state index in [4.69, 9.17) is 9.52 Å².